The number of pyridine rings is 1. The highest BCUT2D eigenvalue weighted by Crippen LogP contribution is 2.30. The number of para-hydroxylation sites is 1. The molecule has 3 aromatic heterocycles. The summed E-state index contributed by atoms with van der Waals surface area (Å²) in [6.07, 6.45) is 11.1. The fraction of sp³-hybridized carbons (Fsp3) is 0.625. The number of nitrogens with zero attached hydrogens (tertiary/aromatic N) is 7. The zero-order valence-electron chi connectivity index (χ0n) is 36.2. The second-order valence-electron chi connectivity index (χ2n) is 15.6. The van der Waals surface area contributed by atoms with Crippen molar-refractivity contribution >= 4 is 66.6 Å². The van der Waals surface area contributed by atoms with Gasteiger partial charge in [0, 0.05) is 63.9 Å². The number of sulfonamides is 2. The lowest BCUT2D eigenvalue weighted by atomic mass is 9.82. The van der Waals surface area contributed by atoms with E-state index in [1.54, 1.807) is 18.3 Å². The van der Waals surface area contributed by atoms with Gasteiger partial charge in [-0.3, -0.25) is 4.98 Å². The monoisotopic (exact) mass is 883 g/mol. The number of benzene rings is 1. The molecule has 0 bridgehead atoms. The van der Waals surface area contributed by atoms with Crippen molar-refractivity contribution < 1.29 is 16.8 Å². The first-order valence-corrected chi connectivity index (χ1v) is 25.0. The smallest absolute Gasteiger partial charge is 0.242 e. The van der Waals surface area contributed by atoms with Gasteiger partial charge in [-0.05, 0) is 115 Å². The summed E-state index contributed by atoms with van der Waals surface area (Å²) in [5.74, 6) is 5.17. The van der Waals surface area contributed by atoms with Crippen molar-refractivity contribution in [1.82, 2.24) is 44.3 Å². The van der Waals surface area contributed by atoms with Crippen LogP contribution in [-0.4, -0.2) is 110 Å². The van der Waals surface area contributed by atoms with Gasteiger partial charge in [0.1, 0.15) is 4.90 Å². The first kappa shape index (κ1) is 47.3. The van der Waals surface area contributed by atoms with Gasteiger partial charge in [-0.25, -0.2) is 26.3 Å². The molecule has 19 nitrogen and oxygen atoms in total. The highest BCUT2D eigenvalue weighted by atomic mass is 32.2. The van der Waals surface area contributed by atoms with Crippen LogP contribution in [0.4, 0.5) is 35.7 Å². The molecule has 2 fully saturated rings. The van der Waals surface area contributed by atoms with Gasteiger partial charge in [-0.2, -0.15) is 29.9 Å². The van der Waals surface area contributed by atoms with E-state index >= 15 is 0 Å². The summed E-state index contributed by atoms with van der Waals surface area (Å²) in [5.41, 5.74) is 0.505. The molecule has 0 amide bonds. The molecule has 336 valence electrons. The van der Waals surface area contributed by atoms with Gasteiger partial charge < -0.3 is 31.9 Å². The second kappa shape index (κ2) is 23.5. The maximum Gasteiger partial charge on any atom is 0.242 e. The molecule has 2 saturated carbocycles. The van der Waals surface area contributed by atoms with Crippen LogP contribution in [0.3, 0.4) is 0 Å². The summed E-state index contributed by atoms with van der Waals surface area (Å²) in [7, 11) is -6.72. The van der Waals surface area contributed by atoms with E-state index in [1.165, 1.54) is 6.26 Å². The molecule has 1 aromatic carbocycles. The summed E-state index contributed by atoms with van der Waals surface area (Å²) < 4.78 is 53.8. The molecule has 2 aliphatic rings. The molecule has 0 unspecified atom stereocenters. The lowest BCUT2D eigenvalue weighted by Crippen LogP contribution is -2.32. The highest BCUT2D eigenvalue weighted by molar-refractivity contribution is 7.89. The summed E-state index contributed by atoms with van der Waals surface area (Å²) in [6.45, 7) is 13.6. The molecular formula is C40H65N15O4S2. The number of fused-ring (bicyclic) bond motifs is 1. The quantitative estimate of drug-likeness (QED) is 0.0549. The number of aromatic nitrogens is 7. The minimum atomic E-state index is -3.62. The van der Waals surface area contributed by atoms with Crippen LogP contribution >= 0.6 is 0 Å². The highest BCUT2D eigenvalue weighted by Gasteiger charge is 2.25. The van der Waals surface area contributed by atoms with Gasteiger partial charge in [-0.15, -0.1) is 0 Å². The molecular weight excluding hydrogens is 819 g/mol. The van der Waals surface area contributed by atoms with Crippen LogP contribution in [-0.2, 0) is 20.0 Å². The fourth-order valence-electron chi connectivity index (χ4n) is 7.48. The first-order chi connectivity index (χ1) is 29.4. The molecule has 2 aliphatic carbocycles. The zero-order chi connectivity index (χ0) is 43.7. The number of hydrogen-bond acceptors (Lipinski definition) is 17. The van der Waals surface area contributed by atoms with Crippen molar-refractivity contribution in [3.8, 4) is 0 Å². The number of nitrogens with one attached hydrogen (secondary N) is 8. The van der Waals surface area contributed by atoms with E-state index in [4.69, 9.17) is 0 Å². The van der Waals surface area contributed by atoms with Crippen molar-refractivity contribution in [2.45, 2.75) is 84.0 Å². The fourth-order valence-corrected chi connectivity index (χ4v) is 9.31. The minimum Gasteiger partial charge on any atom is -0.354 e. The summed E-state index contributed by atoms with van der Waals surface area (Å²) >= 11 is 0. The van der Waals surface area contributed by atoms with E-state index in [1.807, 2.05) is 45.9 Å². The Morgan fingerprint density at radius 2 is 0.852 bits per heavy atom. The standard InChI is InChI=1S/C24H34N8O2S.C16H31N7O2S/c1-3-25-22-30-23(26-4-2)32-24(31-22)28-15-17-10-12-18(13-11-17)16-29-35(33,34)20-9-5-7-19-8-6-14-27-21(19)20;1-4-17-14-21-15(18-5-2)23-16(22-14)19-10-12-6-8-13(9-7-12)11-20-26(3,24)25/h5-9,14,17-18,29H,3-4,10-13,15-16H2,1-2H3,(H3,25,26,28,30,31,32);12-13,20H,4-11H2,1-3H3,(H3,17,18,19,21,22,23). The maximum absolute atomic E-state index is 13.0. The van der Waals surface area contributed by atoms with Gasteiger partial charge in [-0.1, -0.05) is 18.2 Å². The van der Waals surface area contributed by atoms with Crippen molar-refractivity contribution in [3.63, 3.8) is 0 Å². The third-order valence-corrected chi connectivity index (χ3v) is 12.9. The first-order valence-electron chi connectivity index (χ1n) is 21.6. The Hall–Kier alpha value is -4.73. The molecule has 0 spiro atoms. The predicted molar refractivity (Wildman–Crippen MR) is 244 cm³/mol. The average Bonchev–Trinajstić information content (AvgIpc) is 3.24. The summed E-state index contributed by atoms with van der Waals surface area (Å²) in [5, 5.41) is 20.0. The van der Waals surface area contributed by atoms with Crippen LogP contribution in [0.25, 0.3) is 10.9 Å². The van der Waals surface area contributed by atoms with Crippen molar-refractivity contribution in [2.24, 2.45) is 23.7 Å². The molecule has 3 heterocycles. The lowest BCUT2D eigenvalue weighted by Gasteiger charge is -2.28. The molecule has 0 aliphatic heterocycles. The van der Waals surface area contributed by atoms with Crippen LogP contribution in [0.2, 0.25) is 0 Å². The van der Waals surface area contributed by atoms with Gasteiger partial charge in [0.2, 0.25) is 55.7 Å². The van der Waals surface area contributed by atoms with Crippen molar-refractivity contribution in [1.29, 1.82) is 0 Å². The van der Waals surface area contributed by atoms with E-state index < -0.39 is 20.0 Å². The Labute approximate surface area is 361 Å². The molecule has 6 rings (SSSR count). The van der Waals surface area contributed by atoms with Gasteiger partial charge in [0.05, 0.1) is 11.8 Å². The Kier molecular flexibility index (Phi) is 18.2. The third kappa shape index (κ3) is 15.6. The molecule has 4 aromatic rings. The maximum atomic E-state index is 13.0. The molecule has 0 saturated heterocycles. The van der Waals surface area contributed by atoms with Gasteiger partial charge >= 0.3 is 0 Å². The zero-order valence-corrected chi connectivity index (χ0v) is 37.8. The lowest BCUT2D eigenvalue weighted by molar-refractivity contribution is 0.284. The van der Waals surface area contributed by atoms with Gasteiger partial charge in [0.15, 0.2) is 0 Å². The molecule has 8 N–H and O–H groups in total. The second-order valence-corrected chi connectivity index (χ2v) is 19.1. The molecule has 0 radical (unpaired) electrons. The van der Waals surface area contributed by atoms with Crippen LogP contribution in [0.15, 0.2) is 41.4 Å². The SMILES string of the molecule is CCNc1nc(NCC)nc(NCC2CCC(CNS(=O)(=O)c3cccc4cccnc34)CC2)n1.CCNc1nc(NCC)nc(NCC2CCC(CNS(C)(=O)=O)CC2)n1. The Morgan fingerprint density at radius 3 is 1.25 bits per heavy atom. The predicted octanol–water partition coefficient (Wildman–Crippen LogP) is 4.98. The van der Waals surface area contributed by atoms with E-state index in [9.17, 15) is 16.8 Å². The molecule has 61 heavy (non-hydrogen) atoms. The Morgan fingerprint density at radius 1 is 0.492 bits per heavy atom. The van der Waals surface area contributed by atoms with E-state index in [-0.39, 0.29) is 4.90 Å². The topological polar surface area (TPSA) is 255 Å². The van der Waals surface area contributed by atoms with Crippen LogP contribution in [0.5, 0.6) is 0 Å². The van der Waals surface area contributed by atoms with E-state index in [0.717, 1.165) is 96.0 Å². The van der Waals surface area contributed by atoms with Gasteiger partial charge in [0.25, 0.3) is 0 Å². The van der Waals surface area contributed by atoms with E-state index in [2.05, 4.69) is 76.2 Å². The van der Waals surface area contributed by atoms with E-state index in [0.29, 0.717) is 78.0 Å². The summed E-state index contributed by atoms with van der Waals surface area (Å²) in [4.78, 5) is 30.9. The van der Waals surface area contributed by atoms with Crippen LogP contribution < -0.4 is 41.3 Å². The molecule has 21 heteroatoms. The van der Waals surface area contributed by atoms with Crippen LogP contribution in [0.1, 0.15) is 79.1 Å². The van der Waals surface area contributed by atoms with Crippen molar-refractivity contribution in [2.75, 3.05) is 90.5 Å². The number of rotatable bonds is 21. The Balaban J connectivity index is 0.000000242. The normalized spacial score (nSPS) is 19.3. The minimum absolute atomic E-state index is 0.236. The number of anilines is 6. The number of hydrogen-bond donors (Lipinski definition) is 8. The largest absolute Gasteiger partial charge is 0.354 e. The van der Waals surface area contributed by atoms with Crippen molar-refractivity contribution in [3.05, 3.63) is 36.5 Å². The Bertz CT molecular complexity index is 2130. The third-order valence-electron chi connectivity index (χ3n) is 10.7. The van der Waals surface area contributed by atoms with Crippen LogP contribution in [0, 0.1) is 23.7 Å². The molecule has 0 atom stereocenters. The average molecular weight is 884 g/mol. The summed E-state index contributed by atoms with van der Waals surface area (Å²) in [6, 6.07) is 8.92.